The molecule has 2 rings (SSSR count). The molecule has 0 spiro atoms. The zero-order valence-electron chi connectivity index (χ0n) is 25.4. The first-order valence-corrected chi connectivity index (χ1v) is 14.7. The van der Waals surface area contributed by atoms with Gasteiger partial charge in [0.25, 0.3) is 0 Å². The molecular formula is C30H51BN3O3S. The molecule has 6 nitrogen and oxygen atoms in total. The van der Waals surface area contributed by atoms with E-state index in [2.05, 4.69) is 56.7 Å². The van der Waals surface area contributed by atoms with E-state index in [9.17, 15) is 4.79 Å². The molecule has 5 atom stereocenters. The van der Waals surface area contributed by atoms with Crippen LogP contribution in [0.4, 0.5) is 0 Å². The van der Waals surface area contributed by atoms with Crippen molar-refractivity contribution in [2.45, 2.75) is 123 Å². The van der Waals surface area contributed by atoms with Gasteiger partial charge in [0.2, 0.25) is 5.91 Å². The van der Waals surface area contributed by atoms with Crippen LogP contribution in [0.2, 0.25) is 0 Å². The number of amidine groups is 1. The van der Waals surface area contributed by atoms with Gasteiger partial charge in [0.15, 0.2) is 0 Å². The Morgan fingerprint density at radius 3 is 2.45 bits per heavy atom. The van der Waals surface area contributed by atoms with Crippen LogP contribution in [0.3, 0.4) is 0 Å². The van der Waals surface area contributed by atoms with Crippen molar-refractivity contribution in [1.29, 1.82) is 0 Å². The van der Waals surface area contributed by atoms with Crippen LogP contribution in [0.5, 0.6) is 0 Å². The Bertz CT molecular complexity index is 918. The van der Waals surface area contributed by atoms with E-state index in [4.69, 9.17) is 14.4 Å². The zero-order chi connectivity index (χ0) is 28.7. The summed E-state index contributed by atoms with van der Waals surface area (Å²) < 4.78 is 12.1. The van der Waals surface area contributed by atoms with Crippen LogP contribution in [-0.4, -0.2) is 60.6 Å². The SMILES string of the molecule is CN=C(N=C(C)C1CCC1)C(C)/C=C\C(=O)NC1CC(C)C(C/C=C(\C)[B]OC(C)(C)C(C)(C)S)OC1C. The molecule has 1 N–H and O–H groups in total. The third-order valence-electron chi connectivity index (χ3n) is 8.39. The van der Waals surface area contributed by atoms with Crippen molar-refractivity contribution in [3.8, 4) is 0 Å². The van der Waals surface area contributed by atoms with Crippen molar-refractivity contribution >= 4 is 37.6 Å². The van der Waals surface area contributed by atoms with Gasteiger partial charge in [-0.3, -0.25) is 9.79 Å². The monoisotopic (exact) mass is 544 g/mol. The largest absolute Gasteiger partial charge is 0.429 e. The van der Waals surface area contributed by atoms with E-state index < -0.39 is 0 Å². The summed E-state index contributed by atoms with van der Waals surface area (Å²) in [6, 6.07) is -0.0229. The molecule has 213 valence electrons. The maximum atomic E-state index is 12.7. The lowest BCUT2D eigenvalue weighted by Gasteiger charge is -2.39. The highest BCUT2D eigenvalue weighted by Gasteiger charge is 2.35. The van der Waals surface area contributed by atoms with E-state index >= 15 is 0 Å². The number of ether oxygens (including phenoxy) is 1. The molecule has 1 heterocycles. The summed E-state index contributed by atoms with van der Waals surface area (Å²) in [7, 11) is 3.58. The van der Waals surface area contributed by atoms with Gasteiger partial charge in [0.1, 0.15) is 5.84 Å². The number of rotatable bonds is 11. The van der Waals surface area contributed by atoms with Crippen molar-refractivity contribution in [2.24, 2.45) is 27.7 Å². The highest BCUT2D eigenvalue weighted by atomic mass is 32.1. The molecule has 1 aliphatic heterocycles. The van der Waals surface area contributed by atoms with E-state index in [1.165, 1.54) is 19.3 Å². The Labute approximate surface area is 238 Å². The maximum Gasteiger partial charge on any atom is 0.325 e. The average Bonchev–Trinajstić information content (AvgIpc) is 2.79. The van der Waals surface area contributed by atoms with Crippen LogP contribution in [0.25, 0.3) is 0 Å². The van der Waals surface area contributed by atoms with Gasteiger partial charge in [-0.2, -0.15) is 12.6 Å². The standard InChI is InChI=1S/C30H51BN3O3S/c1-19(28(32-10)33-22(4)24-12-11-13-24)14-17-27(35)34-25-18-20(2)26(36-23(25)5)16-15-21(3)31-37-29(6,7)30(8,9)38/h14-15,17,19-20,23-26,38H,11-13,16,18H2,1-10H3,(H,34,35)/b17-14-,21-15+,32-28?,33-22?. The smallest absolute Gasteiger partial charge is 0.325 e. The molecule has 1 amide bonds. The summed E-state index contributed by atoms with van der Waals surface area (Å²) in [6.45, 7) is 18.6. The Morgan fingerprint density at radius 1 is 1.24 bits per heavy atom. The number of thiol groups is 1. The first-order valence-electron chi connectivity index (χ1n) is 14.2. The quantitative estimate of drug-likeness (QED) is 0.107. The van der Waals surface area contributed by atoms with Crippen LogP contribution in [-0.2, 0) is 14.2 Å². The number of nitrogens with zero attached hydrogens (tertiary/aromatic N) is 2. The molecule has 38 heavy (non-hydrogen) atoms. The van der Waals surface area contributed by atoms with Crippen LogP contribution < -0.4 is 5.32 Å². The third kappa shape index (κ3) is 9.67. The van der Waals surface area contributed by atoms with E-state index in [1.54, 1.807) is 13.1 Å². The Morgan fingerprint density at radius 2 is 1.89 bits per heavy atom. The fourth-order valence-corrected chi connectivity index (χ4v) is 4.50. The van der Waals surface area contributed by atoms with Gasteiger partial charge in [-0.15, -0.1) is 0 Å². The highest BCUT2D eigenvalue weighted by Crippen LogP contribution is 2.32. The molecule has 1 saturated carbocycles. The molecule has 2 fully saturated rings. The van der Waals surface area contributed by atoms with E-state index in [1.807, 2.05) is 48.2 Å². The second-order valence-corrected chi connectivity index (χ2v) is 13.4. The van der Waals surface area contributed by atoms with E-state index in [0.29, 0.717) is 11.8 Å². The molecule has 0 bridgehead atoms. The predicted molar refractivity (Wildman–Crippen MR) is 165 cm³/mol. The molecule has 8 heteroatoms. The number of carbonyl (C=O) groups excluding carboxylic acids is 1. The average molecular weight is 545 g/mol. The number of aliphatic imine (C=N–C) groups is 2. The van der Waals surface area contributed by atoms with Crippen molar-refractivity contribution in [3.63, 3.8) is 0 Å². The molecule has 5 unspecified atom stereocenters. The third-order valence-corrected chi connectivity index (χ3v) is 8.93. The van der Waals surface area contributed by atoms with Crippen LogP contribution in [0.1, 0.15) is 94.4 Å². The van der Waals surface area contributed by atoms with Crippen molar-refractivity contribution < 1.29 is 14.2 Å². The van der Waals surface area contributed by atoms with Crippen molar-refractivity contribution in [3.05, 3.63) is 23.7 Å². The summed E-state index contributed by atoms with van der Waals surface area (Å²) in [5.74, 6) is 1.56. The van der Waals surface area contributed by atoms with Gasteiger partial charge in [0.05, 0.1) is 23.9 Å². The fourth-order valence-electron chi connectivity index (χ4n) is 4.45. The van der Waals surface area contributed by atoms with Gasteiger partial charge in [-0.25, -0.2) is 4.99 Å². The second kappa shape index (κ2) is 14.3. The minimum absolute atomic E-state index is 0.0229. The molecule has 2 aliphatic rings. The minimum Gasteiger partial charge on any atom is -0.429 e. The summed E-state index contributed by atoms with van der Waals surface area (Å²) in [5, 5.41) is 3.15. The fraction of sp³-hybridized carbons (Fsp3) is 0.767. The van der Waals surface area contributed by atoms with Crippen LogP contribution in [0.15, 0.2) is 33.7 Å². The summed E-state index contributed by atoms with van der Waals surface area (Å²) in [5.41, 5.74) is 1.83. The number of hydrogen-bond acceptors (Lipinski definition) is 5. The van der Waals surface area contributed by atoms with Gasteiger partial charge in [-0.1, -0.05) is 44.8 Å². The molecule has 0 aromatic carbocycles. The minimum atomic E-state index is -0.390. The molecule has 1 aliphatic carbocycles. The van der Waals surface area contributed by atoms with E-state index in [0.717, 1.165) is 29.9 Å². The lowest BCUT2D eigenvalue weighted by Crippen LogP contribution is -2.50. The normalized spacial score (nSPS) is 27.3. The Kier molecular flexibility index (Phi) is 12.4. The number of allylic oxidation sites excluding steroid dienone is 1. The molecule has 0 aromatic heterocycles. The van der Waals surface area contributed by atoms with E-state index in [-0.39, 0.29) is 40.4 Å². The first kappa shape index (κ1) is 32.8. The molecular weight excluding hydrogens is 493 g/mol. The van der Waals surface area contributed by atoms with Gasteiger partial charge in [-0.05, 0) is 85.1 Å². The van der Waals surface area contributed by atoms with Gasteiger partial charge >= 0.3 is 7.48 Å². The lowest BCUT2D eigenvalue weighted by atomic mass is 9.82. The topological polar surface area (TPSA) is 72.3 Å². The Hall–Kier alpha value is -1.38. The Balaban J connectivity index is 1.85. The molecule has 1 saturated heterocycles. The second-order valence-electron chi connectivity index (χ2n) is 12.3. The molecule has 0 aromatic rings. The van der Waals surface area contributed by atoms with Gasteiger partial charge < -0.3 is 14.7 Å². The first-order chi connectivity index (χ1) is 17.6. The number of nitrogens with one attached hydrogen (secondary N) is 1. The maximum absolute atomic E-state index is 12.7. The summed E-state index contributed by atoms with van der Waals surface area (Å²) in [4.78, 5) is 21.8. The van der Waals surface area contributed by atoms with Crippen molar-refractivity contribution in [1.82, 2.24) is 5.32 Å². The van der Waals surface area contributed by atoms with Crippen molar-refractivity contribution in [2.75, 3.05) is 7.05 Å². The van der Waals surface area contributed by atoms with Gasteiger partial charge in [0, 0.05) is 23.4 Å². The summed E-state index contributed by atoms with van der Waals surface area (Å²) in [6.07, 6.45) is 11.1. The summed E-state index contributed by atoms with van der Waals surface area (Å²) >= 11 is 4.66. The zero-order valence-corrected chi connectivity index (χ0v) is 26.3. The lowest BCUT2D eigenvalue weighted by molar-refractivity contribution is -0.123. The van der Waals surface area contributed by atoms with Crippen LogP contribution in [0, 0.1) is 17.8 Å². The molecule has 1 radical (unpaired) electrons. The number of amides is 1. The highest BCUT2D eigenvalue weighted by molar-refractivity contribution is 7.81. The van der Waals surface area contributed by atoms with Crippen LogP contribution >= 0.6 is 12.6 Å². The predicted octanol–water partition coefficient (Wildman–Crippen LogP) is 6.18. The number of carbonyl (C=O) groups is 1. The number of hydrogen-bond donors (Lipinski definition) is 2.